The zero-order valence-corrected chi connectivity index (χ0v) is 9.79. The summed E-state index contributed by atoms with van der Waals surface area (Å²) in [6.45, 7) is 1.90. The van der Waals surface area contributed by atoms with Gasteiger partial charge in [0, 0.05) is 7.11 Å². The van der Waals surface area contributed by atoms with Crippen LogP contribution in [0.15, 0.2) is 12.2 Å². The quantitative estimate of drug-likeness (QED) is 0.514. The molecule has 6 nitrogen and oxygen atoms in total. The maximum absolute atomic E-state index is 11.8. The smallest absolute Gasteiger partial charge is 0.410 e. The van der Waals surface area contributed by atoms with E-state index in [4.69, 9.17) is 14.2 Å². The number of esters is 1. The largest absolute Gasteiger partial charge is 0.454 e. The maximum Gasteiger partial charge on any atom is 0.410 e. The van der Waals surface area contributed by atoms with Crippen molar-refractivity contribution < 1.29 is 23.8 Å². The van der Waals surface area contributed by atoms with Gasteiger partial charge in [0.1, 0.15) is 18.7 Å². The third-order valence-corrected chi connectivity index (χ3v) is 2.87. The van der Waals surface area contributed by atoms with Crippen LogP contribution in [0.5, 0.6) is 0 Å². The summed E-state index contributed by atoms with van der Waals surface area (Å²) in [6, 6.07) is -0.322. The molecule has 1 aliphatic heterocycles. The normalized spacial score (nSPS) is 31.1. The molecule has 1 fully saturated rings. The first-order chi connectivity index (χ1) is 8.17. The first-order valence-electron chi connectivity index (χ1n) is 5.51. The Morgan fingerprint density at radius 2 is 2.35 bits per heavy atom. The first kappa shape index (κ1) is 11.9. The van der Waals surface area contributed by atoms with Crippen LogP contribution in [0, 0.1) is 0 Å². The van der Waals surface area contributed by atoms with Gasteiger partial charge in [-0.2, -0.15) is 0 Å². The molecule has 0 spiro atoms. The predicted molar refractivity (Wildman–Crippen MR) is 57.3 cm³/mol. The first-order valence-corrected chi connectivity index (χ1v) is 5.51. The van der Waals surface area contributed by atoms with E-state index in [9.17, 15) is 9.59 Å². The fourth-order valence-electron chi connectivity index (χ4n) is 2.14. The highest BCUT2D eigenvalue weighted by Crippen LogP contribution is 2.27. The zero-order valence-electron chi connectivity index (χ0n) is 9.79. The van der Waals surface area contributed by atoms with E-state index in [-0.39, 0.29) is 25.3 Å². The highest BCUT2D eigenvalue weighted by atomic mass is 16.6. The number of nitrogens with zero attached hydrogens (tertiary/aromatic N) is 1. The van der Waals surface area contributed by atoms with Crippen LogP contribution in [0.1, 0.15) is 6.92 Å². The van der Waals surface area contributed by atoms with Gasteiger partial charge in [-0.25, -0.2) is 4.79 Å². The van der Waals surface area contributed by atoms with E-state index in [1.54, 1.807) is 26.2 Å². The summed E-state index contributed by atoms with van der Waals surface area (Å²) in [4.78, 5) is 24.5. The van der Waals surface area contributed by atoms with Crippen LogP contribution in [-0.2, 0) is 19.0 Å². The lowest BCUT2D eigenvalue weighted by molar-refractivity contribution is -0.161. The number of methoxy groups -OCH3 is 1. The SMILES string of the molecule is CCOC(=O)N1CC(=O)O[C@@H]2C=C[C@@H](OC)[C@@H]21. The van der Waals surface area contributed by atoms with Crippen LogP contribution >= 0.6 is 0 Å². The highest BCUT2D eigenvalue weighted by Gasteiger charge is 2.46. The van der Waals surface area contributed by atoms with E-state index >= 15 is 0 Å². The van der Waals surface area contributed by atoms with Gasteiger partial charge in [-0.3, -0.25) is 9.69 Å². The molecule has 2 rings (SSSR count). The molecule has 17 heavy (non-hydrogen) atoms. The minimum absolute atomic E-state index is 0.0957. The molecule has 0 aromatic carbocycles. The van der Waals surface area contributed by atoms with Crippen LogP contribution in [0.2, 0.25) is 0 Å². The molecule has 0 bridgehead atoms. The molecule has 1 amide bonds. The van der Waals surface area contributed by atoms with Crippen molar-refractivity contribution in [3.63, 3.8) is 0 Å². The van der Waals surface area contributed by atoms with Crippen LogP contribution in [0.25, 0.3) is 0 Å². The molecule has 0 aromatic heterocycles. The lowest BCUT2D eigenvalue weighted by Gasteiger charge is -2.37. The van der Waals surface area contributed by atoms with Crippen molar-refractivity contribution in [1.29, 1.82) is 0 Å². The summed E-state index contributed by atoms with van der Waals surface area (Å²) >= 11 is 0. The Kier molecular flexibility index (Phi) is 3.33. The van der Waals surface area contributed by atoms with Crippen LogP contribution in [-0.4, -0.2) is 55.5 Å². The van der Waals surface area contributed by atoms with E-state index in [1.165, 1.54) is 4.90 Å². The van der Waals surface area contributed by atoms with E-state index in [0.29, 0.717) is 0 Å². The average Bonchev–Trinajstić information content (AvgIpc) is 2.70. The van der Waals surface area contributed by atoms with Gasteiger partial charge in [-0.1, -0.05) is 6.08 Å². The predicted octanol–water partition coefficient (Wildman–Crippen LogP) is 0.324. The molecule has 1 saturated heterocycles. The molecule has 6 heteroatoms. The topological polar surface area (TPSA) is 65.1 Å². The Bertz CT molecular complexity index is 354. The summed E-state index contributed by atoms with van der Waals surface area (Å²) < 4.78 is 15.3. The number of rotatable bonds is 2. The van der Waals surface area contributed by atoms with Gasteiger partial charge in [0.2, 0.25) is 0 Å². The number of carbonyl (C=O) groups is 2. The third kappa shape index (κ3) is 2.12. The number of carbonyl (C=O) groups excluding carboxylic acids is 2. The van der Waals surface area contributed by atoms with Gasteiger partial charge >= 0.3 is 12.1 Å². The molecule has 0 radical (unpaired) electrons. The lowest BCUT2D eigenvalue weighted by atomic mass is 10.1. The molecule has 0 N–H and O–H groups in total. The molecule has 3 atom stereocenters. The van der Waals surface area contributed by atoms with Crippen molar-refractivity contribution in [3.8, 4) is 0 Å². The van der Waals surface area contributed by atoms with Crippen LogP contribution in [0.3, 0.4) is 0 Å². The van der Waals surface area contributed by atoms with Crippen LogP contribution in [0.4, 0.5) is 4.79 Å². The van der Waals surface area contributed by atoms with E-state index in [1.807, 2.05) is 0 Å². The molecule has 0 aromatic rings. The van der Waals surface area contributed by atoms with Crippen molar-refractivity contribution in [2.45, 2.75) is 25.2 Å². The average molecular weight is 241 g/mol. The van der Waals surface area contributed by atoms with Crippen molar-refractivity contribution in [1.82, 2.24) is 4.90 Å². The van der Waals surface area contributed by atoms with E-state index in [2.05, 4.69) is 0 Å². The molecule has 1 heterocycles. The molecule has 2 aliphatic rings. The Balaban J connectivity index is 2.17. The molecule has 1 aliphatic carbocycles. The van der Waals surface area contributed by atoms with Gasteiger partial charge in [-0.05, 0) is 13.0 Å². The molecular formula is C11H15NO5. The lowest BCUT2D eigenvalue weighted by Crippen LogP contribution is -2.57. The van der Waals surface area contributed by atoms with Crippen LogP contribution < -0.4 is 0 Å². The van der Waals surface area contributed by atoms with Gasteiger partial charge in [0.15, 0.2) is 0 Å². The monoisotopic (exact) mass is 241 g/mol. The van der Waals surface area contributed by atoms with Gasteiger partial charge in [-0.15, -0.1) is 0 Å². The second kappa shape index (κ2) is 4.75. The second-order valence-electron chi connectivity index (χ2n) is 3.86. The van der Waals surface area contributed by atoms with Gasteiger partial charge in [0.25, 0.3) is 0 Å². The third-order valence-electron chi connectivity index (χ3n) is 2.87. The minimum atomic E-state index is -0.509. The number of fused-ring (bicyclic) bond motifs is 1. The fourth-order valence-corrected chi connectivity index (χ4v) is 2.14. The number of hydrogen-bond acceptors (Lipinski definition) is 5. The number of hydrogen-bond donors (Lipinski definition) is 0. The van der Waals surface area contributed by atoms with Crippen molar-refractivity contribution in [3.05, 3.63) is 12.2 Å². The number of ether oxygens (including phenoxy) is 3. The Morgan fingerprint density at radius 1 is 1.59 bits per heavy atom. The zero-order chi connectivity index (χ0) is 12.4. The molecule has 0 unspecified atom stereocenters. The summed E-state index contributed by atoms with van der Waals surface area (Å²) in [5, 5.41) is 0. The Hall–Kier alpha value is -1.56. The Morgan fingerprint density at radius 3 is 3.00 bits per heavy atom. The minimum Gasteiger partial charge on any atom is -0.454 e. The Labute approximate surface area is 99.1 Å². The van der Waals surface area contributed by atoms with Gasteiger partial charge < -0.3 is 14.2 Å². The standard InChI is InChI=1S/C11H15NO5/c1-3-16-11(14)12-6-9(13)17-8-5-4-7(15-2)10(8)12/h4-5,7-8,10H,3,6H2,1-2H3/t7-,8-,10+/m1/s1. The molecule has 0 saturated carbocycles. The van der Waals surface area contributed by atoms with Crippen molar-refractivity contribution in [2.75, 3.05) is 20.3 Å². The van der Waals surface area contributed by atoms with Crippen molar-refractivity contribution in [2.24, 2.45) is 0 Å². The van der Waals surface area contributed by atoms with Gasteiger partial charge in [0.05, 0.1) is 12.7 Å². The summed E-state index contributed by atoms with van der Waals surface area (Å²) in [7, 11) is 1.55. The summed E-state index contributed by atoms with van der Waals surface area (Å²) in [6.07, 6.45) is 2.32. The van der Waals surface area contributed by atoms with E-state index < -0.39 is 18.2 Å². The summed E-state index contributed by atoms with van der Waals surface area (Å²) in [5.74, 6) is -0.430. The highest BCUT2D eigenvalue weighted by molar-refractivity contribution is 5.80. The number of morpholine rings is 1. The molecule has 94 valence electrons. The second-order valence-corrected chi connectivity index (χ2v) is 3.86. The number of amides is 1. The fraction of sp³-hybridized carbons (Fsp3) is 0.636. The summed E-state index contributed by atoms with van der Waals surface area (Å²) in [5.41, 5.74) is 0. The van der Waals surface area contributed by atoms with E-state index in [0.717, 1.165) is 0 Å². The van der Waals surface area contributed by atoms with Crippen molar-refractivity contribution >= 4 is 12.1 Å². The maximum atomic E-state index is 11.8. The molecular weight excluding hydrogens is 226 g/mol.